The first kappa shape index (κ1) is 17.1. The molecule has 7 nitrogen and oxygen atoms in total. The lowest BCUT2D eigenvalue weighted by molar-refractivity contribution is -0.141. The number of amides is 1. The number of hydrogen-bond acceptors (Lipinski definition) is 6. The average molecular weight is 352 g/mol. The lowest BCUT2D eigenvalue weighted by Crippen LogP contribution is -2.49. The van der Waals surface area contributed by atoms with Crippen LogP contribution in [0.15, 0.2) is 24.4 Å². The Balaban J connectivity index is 1.70. The van der Waals surface area contributed by atoms with Gasteiger partial charge in [0.15, 0.2) is 5.69 Å². The summed E-state index contributed by atoms with van der Waals surface area (Å²) in [6.45, 7) is 2.86. The molecule has 1 aliphatic rings. The second-order valence-corrected chi connectivity index (χ2v) is 5.58. The molecule has 2 aromatic rings. The Bertz CT molecular complexity index is 760. The highest BCUT2D eigenvalue weighted by Crippen LogP contribution is 2.29. The number of aromatic nitrogens is 4. The molecule has 1 aliphatic heterocycles. The number of halogens is 3. The van der Waals surface area contributed by atoms with Crippen molar-refractivity contribution < 1.29 is 18.0 Å². The molecule has 0 spiro atoms. The summed E-state index contributed by atoms with van der Waals surface area (Å²) in [7, 11) is 0. The van der Waals surface area contributed by atoms with Gasteiger partial charge in [-0.2, -0.15) is 18.3 Å². The van der Waals surface area contributed by atoms with Crippen molar-refractivity contribution in [2.45, 2.75) is 13.1 Å². The lowest BCUT2D eigenvalue weighted by Gasteiger charge is -2.34. The Hall–Kier alpha value is -2.78. The number of rotatable bonds is 2. The largest absolute Gasteiger partial charge is 0.433 e. The van der Waals surface area contributed by atoms with Crippen LogP contribution in [0.3, 0.4) is 0 Å². The van der Waals surface area contributed by atoms with Gasteiger partial charge >= 0.3 is 6.18 Å². The molecular weight excluding hydrogens is 337 g/mol. The second-order valence-electron chi connectivity index (χ2n) is 5.58. The van der Waals surface area contributed by atoms with Crippen LogP contribution in [0.5, 0.6) is 0 Å². The highest BCUT2D eigenvalue weighted by molar-refractivity contribution is 5.92. The van der Waals surface area contributed by atoms with Crippen LogP contribution < -0.4 is 4.90 Å². The average Bonchev–Trinajstić information content (AvgIpc) is 2.61. The van der Waals surface area contributed by atoms with Gasteiger partial charge in [-0.3, -0.25) is 4.79 Å². The van der Waals surface area contributed by atoms with Crippen molar-refractivity contribution in [1.29, 1.82) is 0 Å². The van der Waals surface area contributed by atoms with Crippen molar-refractivity contribution in [2.75, 3.05) is 31.1 Å². The SMILES string of the molecule is Cc1cc(C(F)(F)F)nc(N2CCN(C(=O)c3cccnn3)CC2)n1. The maximum atomic E-state index is 12.9. The van der Waals surface area contributed by atoms with E-state index >= 15 is 0 Å². The van der Waals surface area contributed by atoms with Crippen LogP contribution in [-0.2, 0) is 6.18 Å². The molecule has 2 aromatic heterocycles. The molecule has 10 heteroatoms. The number of carbonyl (C=O) groups excluding carboxylic acids is 1. The molecular formula is C15H15F3N6O. The molecule has 0 bridgehead atoms. The smallest absolute Gasteiger partial charge is 0.337 e. The van der Waals surface area contributed by atoms with E-state index in [2.05, 4.69) is 20.2 Å². The summed E-state index contributed by atoms with van der Waals surface area (Å²) in [4.78, 5) is 23.2. The third-order valence-electron chi connectivity index (χ3n) is 3.77. The molecule has 132 valence electrons. The van der Waals surface area contributed by atoms with Crippen molar-refractivity contribution in [3.63, 3.8) is 0 Å². The molecule has 0 radical (unpaired) electrons. The molecule has 0 N–H and O–H groups in total. The number of aryl methyl sites for hydroxylation is 1. The molecule has 1 fully saturated rings. The van der Waals surface area contributed by atoms with Gasteiger partial charge < -0.3 is 9.80 Å². The monoisotopic (exact) mass is 352 g/mol. The molecule has 3 heterocycles. The van der Waals surface area contributed by atoms with Gasteiger partial charge in [0, 0.05) is 38.1 Å². The number of carbonyl (C=O) groups is 1. The van der Waals surface area contributed by atoms with Crippen molar-refractivity contribution in [3.8, 4) is 0 Å². The van der Waals surface area contributed by atoms with Gasteiger partial charge in [0.05, 0.1) is 0 Å². The fourth-order valence-corrected chi connectivity index (χ4v) is 2.53. The molecule has 0 saturated carbocycles. The van der Waals surface area contributed by atoms with Gasteiger partial charge in [0.2, 0.25) is 5.95 Å². The quantitative estimate of drug-likeness (QED) is 0.817. The van der Waals surface area contributed by atoms with E-state index < -0.39 is 11.9 Å². The summed E-state index contributed by atoms with van der Waals surface area (Å²) < 4.78 is 38.7. The van der Waals surface area contributed by atoms with Crippen LogP contribution >= 0.6 is 0 Å². The molecule has 3 rings (SSSR count). The highest BCUT2D eigenvalue weighted by Gasteiger charge is 2.34. The maximum absolute atomic E-state index is 12.9. The summed E-state index contributed by atoms with van der Waals surface area (Å²) >= 11 is 0. The van der Waals surface area contributed by atoms with E-state index in [4.69, 9.17) is 0 Å². The second kappa shape index (κ2) is 6.61. The summed E-state index contributed by atoms with van der Waals surface area (Å²) in [6, 6.07) is 4.11. The van der Waals surface area contributed by atoms with Gasteiger partial charge in [0.25, 0.3) is 5.91 Å². The molecule has 1 saturated heterocycles. The predicted molar refractivity (Wildman–Crippen MR) is 81.9 cm³/mol. The van der Waals surface area contributed by atoms with Gasteiger partial charge in [0.1, 0.15) is 5.69 Å². The van der Waals surface area contributed by atoms with Crippen molar-refractivity contribution in [1.82, 2.24) is 25.1 Å². The standard InChI is InChI=1S/C15H15F3N6O/c1-10-9-12(15(16,17)18)21-14(20-10)24-7-5-23(6-8-24)13(25)11-3-2-4-19-22-11/h2-4,9H,5-8H2,1H3. The first-order chi connectivity index (χ1) is 11.8. The first-order valence-electron chi connectivity index (χ1n) is 7.59. The zero-order valence-electron chi connectivity index (χ0n) is 13.4. The van der Waals surface area contributed by atoms with E-state index in [0.717, 1.165) is 6.07 Å². The number of piperazine rings is 1. The van der Waals surface area contributed by atoms with Gasteiger partial charge in [-0.05, 0) is 25.1 Å². The Labute approximate surface area is 141 Å². The van der Waals surface area contributed by atoms with Crippen LogP contribution in [0.25, 0.3) is 0 Å². The third-order valence-corrected chi connectivity index (χ3v) is 3.77. The molecule has 0 unspecified atom stereocenters. The number of anilines is 1. The number of alkyl halides is 3. The van der Waals surface area contributed by atoms with E-state index in [1.807, 2.05) is 0 Å². The third kappa shape index (κ3) is 3.83. The predicted octanol–water partition coefficient (Wildman–Crippen LogP) is 1.56. The minimum absolute atomic E-state index is 0.0268. The van der Waals surface area contributed by atoms with E-state index in [-0.39, 0.29) is 23.2 Å². The summed E-state index contributed by atoms with van der Waals surface area (Å²) in [5.41, 5.74) is -0.481. The topological polar surface area (TPSA) is 75.1 Å². The minimum atomic E-state index is -4.52. The van der Waals surface area contributed by atoms with Crippen molar-refractivity contribution in [2.24, 2.45) is 0 Å². The van der Waals surface area contributed by atoms with E-state index in [1.165, 1.54) is 13.1 Å². The molecule has 0 atom stereocenters. The van der Waals surface area contributed by atoms with Crippen LogP contribution in [-0.4, -0.2) is 57.2 Å². The highest BCUT2D eigenvalue weighted by atomic mass is 19.4. The fraction of sp³-hybridized carbons (Fsp3) is 0.400. The summed E-state index contributed by atoms with van der Waals surface area (Å²) in [5, 5.41) is 7.45. The van der Waals surface area contributed by atoms with Crippen LogP contribution in [0.2, 0.25) is 0 Å². The first-order valence-corrected chi connectivity index (χ1v) is 7.59. The summed E-state index contributed by atoms with van der Waals surface area (Å²) in [6.07, 6.45) is -3.05. The number of nitrogens with zero attached hydrogens (tertiary/aromatic N) is 6. The van der Waals surface area contributed by atoms with Gasteiger partial charge in [-0.25, -0.2) is 9.97 Å². The van der Waals surface area contributed by atoms with Crippen LogP contribution in [0.1, 0.15) is 21.9 Å². The molecule has 0 aromatic carbocycles. The Morgan fingerprint density at radius 1 is 1.16 bits per heavy atom. The zero-order valence-corrected chi connectivity index (χ0v) is 13.4. The van der Waals surface area contributed by atoms with Crippen molar-refractivity contribution in [3.05, 3.63) is 41.5 Å². The van der Waals surface area contributed by atoms with Gasteiger partial charge in [-0.15, -0.1) is 5.10 Å². The zero-order chi connectivity index (χ0) is 18.0. The molecule has 1 amide bonds. The van der Waals surface area contributed by atoms with Crippen LogP contribution in [0, 0.1) is 6.92 Å². The number of hydrogen-bond donors (Lipinski definition) is 0. The Morgan fingerprint density at radius 3 is 2.48 bits per heavy atom. The van der Waals surface area contributed by atoms with E-state index in [1.54, 1.807) is 21.9 Å². The molecule has 0 aliphatic carbocycles. The Kier molecular flexibility index (Phi) is 4.51. The fourth-order valence-electron chi connectivity index (χ4n) is 2.53. The minimum Gasteiger partial charge on any atom is -0.337 e. The van der Waals surface area contributed by atoms with E-state index in [9.17, 15) is 18.0 Å². The summed E-state index contributed by atoms with van der Waals surface area (Å²) in [5.74, 6) is -0.229. The lowest BCUT2D eigenvalue weighted by atomic mass is 10.2. The maximum Gasteiger partial charge on any atom is 0.433 e. The van der Waals surface area contributed by atoms with Crippen LogP contribution in [0.4, 0.5) is 19.1 Å². The normalized spacial score (nSPS) is 15.4. The van der Waals surface area contributed by atoms with E-state index in [0.29, 0.717) is 26.2 Å². The molecule has 25 heavy (non-hydrogen) atoms. The van der Waals surface area contributed by atoms with Crippen molar-refractivity contribution >= 4 is 11.9 Å². The van der Waals surface area contributed by atoms with Gasteiger partial charge in [-0.1, -0.05) is 0 Å². The Morgan fingerprint density at radius 2 is 1.88 bits per heavy atom.